The zero-order valence-corrected chi connectivity index (χ0v) is 14.3. The number of benzene rings is 2. The van der Waals surface area contributed by atoms with Crippen LogP contribution in [0.5, 0.6) is 0 Å². The maximum Gasteiger partial charge on any atom is 0.186 e. The minimum atomic E-state index is -0.398. The molecule has 24 heavy (non-hydrogen) atoms. The van der Waals surface area contributed by atoms with E-state index < -0.39 is 6.04 Å². The summed E-state index contributed by atoms with van der Waals surface area (Å²) in [4.78, 5) is 12.9. The standard InChI is InChI=1S/C19H14BrN3O/c20-15-7-5-12(6-8-15)19(24)17-9-14(10-21)18-16-4-2-1-3-13(16)11-22-23(17)18/h1-8,11,14,17-18H,9H2. The molecule has 2 aliphatic rings. The van der Waals surface area contributed by atoms with E-state index in [0.29, 0.717) is 12.0 Å². The fraction of sp³-hybridized carbons (Fsp3) is 0.211. The minimum Gasteiger partial charge on any atom is -0.292 e. The van der Waals surface area contributed by atoms with Gasteiger partial charge in [0.25, 0.3) is 0 Å². The second kappa shape index (κ2) is 5.88. The fourth-order valence-corrected chi connectivity index (χ4v) is 3.82. The van der Waals surface area contributed by atoms with Crippen LogP contribution in [-0.2, 0) is 0 Å². The Morgan fingerprint density at radius 3 is 2.71 bits per heavy atom. The Morgan fingerprint density at radius 1 is 1.21 bits per heavy atom. The van der Waals surface area contributed by atoms with Crippen molar-refractivity contribution in [2.75, 3.05) is 0 Å². The zero-order valence-electron chi connectivity index (χ0n) is 12.8. The number of halogens is 1. The molecule has 0 bridgehead atoms. The van der Waals surface area contributed by atoms with Crippen molar-refractivity contribution in [3.05, 3.63) is 69.7 Å². The van der Waals surface area contributed by atoms with Gasteiger partial charge in [-0.3, -0.25) is 9.80 Å². The zero-order chi connectivity index (χ0) is 16.7. The number of nitrogens with zero attached hydrogens (tertiary/aromatic N) is 3. The molecule has 2 aliphatic heterocycles. The third kappa shape index (κ3) is 2.35. The highest BCUT2D eigenvalue weighted by atomic mass is 79.9. The lowest BCUT2D eigenvalue weighted by Gasteiger charge is -2.31. The summed E-state index contributed by atoms with van der Waals surface area (Å²) in [6.45, 7) is 0. The first-order valence-corrected chi connectivity index (χ1v) is 8.59. The van der Waals surface area contributed by atoms with E-state index in [-0.39, 0.29) is 17.7 Å². The molecule has 2 aromatic rings. The van der Waals surface area contributed by atoms with Crippen LogP contribution in [0.4, 0.5) is 0 Å². The molecule has 0 spiro atoms. The molecule has 0 saturated carbocycles. The van der Waals surface area contributed by atoms with Crippen molar-refractivity contribution in [3.63, 3.8) is 0 Å². The number of carbonyl (C=O) groups excluding carboxylic acids is 1. The summed E-state index contributed by atoms with van der Waals surface area (Å²) in [5, 5.41) is 15.9. The molecule has 5 heteroatoms. The molecular formula is C19H14BrN3O. The Hall–Kier alpha value is -2.45. The third-order valence-electron chi connectivity index (χ3n) is 4.70. The van der Waals surface area contributed by atoms with Crippen LogP contribution < -0.4 is 0 Å². The predicted octanol–water partition coefficient (Wildman–Crippen LogP) is 3.93. The summed E-state index contributed by atoms with van der Waals surface area (Å²) < 4.78 is 0.933. The molecular weight excluding hydrogens is 366 g/mol. The summed E-state index contributed by atoms with van der Waals surface area (Å²) in [7, 11) is 0. The first-order valence-electron chi connectivity index (χ1n) is 7.79. The molecule has 118 valence electrons. The second-order valence-electron chi connectivity index (χ2n) is 6.06. The maximum atomic E-state index is 12.9. The number of hydrogen-bond acceptors (Lipinski definition) is 4. The molecule has 1 saturated heterocycles. The Bertz CT molecular complexity index is 869. The minimum absolute atomic E-state index is 0.0155. The second-order valence-corrected chi connectivity index (χ2v) is 6.97. The summed E-state index contributed by atoms with van der Waals surface area (Å²) in [6.07, 6.45) is 2.29. The van der Waals surface area contributed by atoms with Gasteiger partial charge in [0.15, 0.2) is 5.78 Å². The Kier molecular flexibility index (Phi) is 3.70. The van der Waals surface area contributed by atoms with Gasteiger partial charge >= 0.3 is 0 Å². The van der Waals surface area contributed by atoms with Crippen molar-refractivity contribution in [1.29, 1.82) is 5.26 Å². The number of carbonyl (C=O) groups is 1. The SMILES string of the molecule is N#CC1CC(C(=O)c2ccc(Br)cc2)N2N=Cc3ccccc3C12. The molecule has 1 fully saturated rings. The average molecular weight is 380 g/mol. The van der Waals surface area contributed by atoms with E-state index in [1.807, 2.05) is 53.5 Å². The van der Waals surface area contributed by atoms with Crippen LogP contribution in [0.15, 0.2) is 58.1 Å². The van der Waals surface area contributed by atoms with Crippen molar-refractivity contribution >= 4 is 27.9 Å². The number of rotatable bonds is 2. The van der Waals surface area contributed by atoms with Gasteiger partial charge in [-0.05, 0) is 29.7 Å². The highest BCUT2D eigenvalue weighted by Crippen LogP contribution is 2.44. The van der Waals surface area contributed by atoms with Crippen LogP contribution >= 0.6 is 15.9 Å². The summed E-state index contributed by atoms with van der Waals surface area (Å²) in [5.41, 5.74) is 2.75. The molecule has 0 radical (unpaired) electrons. The monoisotopic (exact) mass is 379 g/mol. The van der Waals surface area contributed by atoms with Gasteiger partial charge in [0.1, 0.15) is 6.04 Å². The van der Waals surface area contributed by atoms with Gasteiger partial charge in [0.2, 0.25) is 0 Å². The fourth-order valence-electron chi connectivity index (χ4n) is 3.55. The highest BCUT2D eigenvalue weighted by Gasteiger charge is 2.47. The van der Waals surface area contributed by atoms with E-state index in [2.05, 4.69) is 27.1 Å². The van der Waals surface area contributed by atoms with Gasteiger partial charge in [-0.15, -0.1) is 0 Å². The van der Waals surface area contributed by atoms with Crippen molar-refractivity contribution in [2.24, 2.45) is 11.0 Å². The van der Waals surface area contributed by atoms with Gasteiger partial charge in [-0.25, -0.2) is 0 Å². The number of Topliss-reactive ketones (excluding diaryl/α,β-unsaturated/α-hetero) is 1. The van der Waals surface area contributed by atoms with E-state index >= 15 is 0 Å². The van der Waals surface area contributed by atoms with Gasteiger partial charge in [0.05, 0.1) is 24.2 Å². The molecule has 2 heterocycles. The lowest BCUT2D eigenvalue weighted by Crippen LogP contribution is -2.36. The third-order valence-corrected chi connectivity index (χ3v) is 5.23. The molecule has 2 aromatic carbocycles. The average Bonchev–Trinajstić information content (AvgIpc) is 3.01. The van der Waals surface area contributed by atoms with Crippen molar-refractivity contribution in [2.45, 2.75) is 18.5 Å². The van der Waals surface area contributed by atoms with Gasteiger partial charge in [0, 0.05) is 10.0 Å². The first kappa shape index (κ1) is 15.1. The molecule has 4 rings (SSSR count). The van der Waals surface area contributed by atoms with Crippen LogP contribution in [0, 0.1) is 17.2 Å². The molecule has 4 nitrogen and oxygen atoms in total. The van der Waals surface area contributed by atoms with Gasteiger partial charge < -0.3 is 0 Å². The van der Waals surface area contributed by atoms with Crippen LogP contribution in [0.3, 0.4) is 0 Å². The van der Waals surface area contributed by atoms with Crippen LogP contribution in [0.25, 0.3) is 0 Å². The van der Waals surface area contributed by atoms with Crippen molar-refractivity contribution < 1.29 is 4.79 Å². The van der Waals surface area contributed by atoms with Gasteiger partial charge in [-0.1, -0.05) is 52.3 Å². The largest absolute Gasteiger partial charge is 0.292 e. The quantitative estimate of drug-likeness (QED) is 0.742. The normalized spacial score (nSPS) is 24.2. The molecule has 3 unspecified atom stereocenters. The molecule has 0 aromatic heterocycles. The number of hydrogen-bond donors (Lipinski definition) is 0. The molecule has 0 N–H and O–H groups in total. The van der Waals surface area contributed by atoms with Crippen molar-refractivity contribution in [1.82, 2.24) is 5.01 Å². The van der Waals surface area contributed by atoms with Crippen molar-refractivity contribution in [3.8, 4) is 6.07 Å². The predicted molar refractivity (Wildman–Crippen MR) is 94.6 cm³/mol. The van der Waals surface area contributed by atoms with Crippen LogP contribution in [-0.4, -0.2) is 23.0 Å². The first-order chi connectivity index (χ1) is 11.7. The highest BCUT2D eigenvalue weighted by molar-refractivity contribution is 9.10. The number of hydrazone groups is 1. The summed E-state index contributed by atoms with van der Waals surface area (Å²) in [6, 6.07) is 17.1. The lowest BCUT2D eigenvalue weighted by molar-refractivity contribution is 0.0834. The molecule has 0 amide bonds. The number of fused-ring (bicyclic) bond motifs is 3. The van der Waals surface area contributed by atoms with E-state index in [4.69, 9.17) is 0 Å². The molecule has 0 aliphatic carbocycles. The van der Waals surface area contributed by atoms with Gasteiger partial charge in [-0.2, -0.15) is 10.4 Å². The summed E-state index contributed by atoms with van der Waals surface area (Å²) in [5.74, 6) is -0.227. The number of ketones is 1. The lowest BCUT2D eigenvalue weighted by atomic mass is 9.91. The summed E-state index contributed by atoms with van der Waals surface area (Å²) >= 11 is 3.38. The Morgan fingerprint density at radius 2 is 1.96 bits per heavy atom. The Balaban J connectivity index is 1.72. The number of nitriles is 1. The maximum absolute atomic E-state index is 12.9. The topological polar surface area (TPSA) is 56.5 Å². The molecule has 3 atom stereocenters. The van der Waals surface area contributed by atoms with E-state index in [9.17, 15) is 10.1 Å². The van der Waals surface area contributed by atoms with E-state index in [1.54, 1.807) is 6.21 Å². The van der Waals surface area contributed by atoms with E-state index in [0.717, 1.165) is 15.6 Å². The van der Waals surface area contributed by atoms with E-state index in [1.165, 1.54) is 0 Å². The van der Waals surface area contributed by atoms with Crippen LogP contribution in [0.1, 0.15) is 33.9 Å². The smallest absolute Gasteiger partial charge is 0.186 e. The van der Waals surface area contributed by atoms with Crippen LogP contribution in [0.2, 0.25) is 0 Å². The Labute approximate surface area is 148 Å².